The molecular formula is C18H21N5O4S. The van der Waals surface area contributed by atoms with Gasteiger partial charge in [0, 0.05) is 36.8 Å². The van der Waals surface area contributed by atoms with E-state index in [-0.39, 0.29) is 23.4 Å². The second-order valence-corrected chi connectivity index (χ2v) is 7.59. The molecule has 1 saturated heterocycles. The highest BCUT2D eigenvalue weighted by Gasteiger charge is 2.26. The first-order valence-electron chi connectivity index (χ1n) is 8.99. The summed E-state index contributed by atoms with van der Waals surface area (Å²) in [7, 11) is 0. The highest BCUT2D eigenvalue weighted by molar-refractivity contribution is 7.07. The van der Waals surface area contributed by atoms with Crippen LogP contribution in [-0.4, -0.2) is 50.9 Å². The Bertz CT molecular complexity index is 905. The molecule has 0 unspecified atom stereocenters. The molecule has 0 atom stereocenters. The topological polar surface area (TPSA) is 118 Å². The van der Waals surface area contributed by atoms with Crippen molar-refractivity contribution in [3.8, 4) is 0 Å². The molecule has 3 rings (SSSR count). The average Bonchev–Trinajstić information content (AvgIpc) is 3.11. The number of nitrogens with zero attached hydrogens (tertiary/aromatic N) is 4. The molecule has 0 radical (unpaired) electrons. The van der Waals surface area contributed by atoms with Gasteiger partial charge in [-0.2, -0.15) is 0 Å². The van der Waals surface area contributed by atoms with Crippen LogP contribution in [0.5, 0.6) is 0 Å². The fourth-order valence-electron chi connectivity index (χ4n) is 3.31. The summed E-state index contributed by atoms with van der Waals surface area (Å²) in [5, 5.41) is 17.8. The summed E-state index contributed by atoms with van der Waals surface area (Å²) in [6, 6.07) is 4.49. The third kappa shape index (κ3) is 4.16. The zero-order valence-electron chi connectivity index (χ0n) is 15.7. The SMILES string of the molecule is Cc1nnsc1C(=O)N1CCC(CNC(=O)c2cccc([N+](=O)[O-])c2C)CC1. The maximum Gasteiger partial charge on any atom is 0.273 e. The van der Waals surface area contributed by atoms with Gasteiger partial charge in [0.15, 0.2) is 0 Å². The zero-order chi connectivity index (χ0) is 20.3. The van der Waals surface area contributed by atoms with Crippen molar-refractivity contribution in [3.05, 3.63) is 50.0 Å². The van der Waals surface area contributed by atoms with Gasteiger partial charge in [0.25, 0.3) is 17.5 Å². The monoisotopic (exact) mass is 403 g/mol. The number of nitro groups is 1. The lowest BCUT2D eigenvalue weighted by Crippen LogP contribution is -2.41. The van der Waals surface area contributed by atoms with E-state index in [2.05, 4.69) is 14.9 Å². The first kappa shape index (κ1) is 19.9. The minimum atomic E-state index is -0.487. The molecule has 148 valence electrons. The number of benzene rings is 1. The Balaban J connectivity index is 1.53. The van der Waals surface area contributed by atoms with Crippen molar-refractivity contribution >= 4 is 29.0 Å². The van der Waals surface area contributed by atoms with Crippen LogP contribution in [-0.2, 0) is 0 Å². The third-order valence-corrected chi connectivity index (χ3v) is 5.86. The van der Waals surface area contributed by atoms with Crippen molar-refractivity contribution < 1.29 is 14.5 Å². The van der Waals surface area contributed by atoms with E-state index in [9.17, 15) is 19.7 Å². The van der Waals surface area contributed by atoms with Gasteiger partial charge in [-0.15, -0.1) is 5.10 Å². The number of nitrogens with one attached hydrogen (secondary N) is 1. The third-order valence-electron chi connectivity index (χ3n) is 5.05. The van der Waals surface area contributed by atoms with Crippen molar-refractivity contribution in [2.75, 3.05) is 19.6 Å². The number of rotatable bonds is 5. The molecule has 1 fully saturated rings. The van der Waals surface area contributed by atoms with Gasteiger partial charge in [0.1, 0.15) is 4.88 Å². The molecule has 0 aliphatic carbocycles. The average molecular weight is 403 g/mol. The summed E-state index contributed by atoms with van der Waals surface area (Å²) in [6.45, 7) is 5.06. The van der Waals surface area contributed by atoms with Gasteiger partial charge in [-0.25, -0.2) is 0 Å². The quantitative estimate of drug-likeness (QED) is 0.605. The van der Waals surface area contributed by atoms with Gasteiger partial charge in [-0.1, -0.05) is 10.6 Å². The Morgan fingerprint density at radius 1 is 1.32 bits per heavy atom. The van der Waals surface area contributed by atoms with E-state index in [1.165, 1.54) is 12.1 Å². The van der Waals surface area contributed by atoms with Gasteiger partial charge in [-0.3, -0.25) is 19.7 Å². The van der Waals surface area contributed by atoms with Crippen molar-refractivity contribution in [1.82, 2.24) is 19.8 Å². The molecule has 28 heavy (non-hydrogen) atoms. The van der Waals surface area contributed by atoms with Crippen molar-refractivity contribution in [2.24, 2.45) is 5.92 Å². The normalized spacial score (nSPS) is 14.7. The van der Waals surface area contributed by atoms with Gasteiger partial charge >= 0.3 is 0 Å². The Morgan fingerprint density at radius 3 is 2.64 bits per heavy atom. The zero-order valence-corrected chi connectivity index (χ0v) is 16.5. The number of carbonyl (C=O) groups excluding carboxylic acids is 2. The highest BCUT2D eigenvalue weighted by Crippen LogP contribution is 2.23. The smallest absolute Gasteiger partial charge is 0.273 e. The van der Waals surface area contributed by atoms with Gasteiger partial charge < -0.3 is 10.2 Å². The van der Waals surface area contributed by atoms with Crippen LogP contribution in [0, 0.1) is 29.9 Å². The summed E-state index contributed by atoms with van der Waals surface area (Å²) >= 11 is 1.11. The van der Waals surface area contributed by atoms with Crippen molar-refractivity contribution in [3.63, 3.8) is 0 Å². The van der Waals surface area contributed by atoms with E-state index in [0.29, 0.717) is 41.3 Å². The summed E-state index contributed by atoms with van der Waals surface area (Å²) < 4.78 is 3.81. The minimum Gasteiger partial charge on any atom is -0.352 e. The van der Waals surface area contributed by atoms with Crippen LogP contribution in [0.4, 0.5) is 5.69 Å². The van der Waals surface area contributed by atoms with E-state index in [1.807, 2.05) is 0 Å². The molecule has 2 heterocycles. The lowest BCUT2D eigenvalue weighted by Gasteiger charge is -2.31. The molecule has 0 saturated carbocycles. The Morgan fingerprint density at radius 2 is 2.04 bits per heavy atom. The molecule has 1 aliphatic rings. The number of aromatic nitrogens is 2. The van der Waals surface area contributed by atoms with Crippen LogP contribution in [0.1, 0.15) is 44.1 Å². The van der Waals surface area contributed by atoms with E-state index in [0.717, 1.165) is 24.4 Å². The fourth-order valence-corrected chi connectivity index (χ4v) is 3.94. The van der Waals surface area contributed by atoms with E-state index in [1.54, 1.807) is 24.8 Å². The van der Waals surface area contributed by atoms with Gasteiger partial charge in [0.05, 0.1) is 10.6 Å². The largest absolute Gasteiger partial charge is 0.352 e. The van der Waals surface area contributed by atoms with Gasteiger partial charge in [0.2, 0.25) is 0 Å². The lowest BCUT2D eigenvalue weighted by atomic mass is 9.96. The molecule has 2 aromatic rings. The van der Waals surface area contributed by atoms with Crippen molar-refractivity contribution in [1.29, 1.82) is 0 Å². The summed E-state index contributed by atoms with van der Waals surface area (Å²) in [5.74, 6) is -0.0963. The predicted octanol–water partition coefficient (Wildman–Crippen LogP) is 2.35. The van der Waals surface area contributed by atoms with Crippen LogP contribution in [0.3, 0.4) is 0 Å². The van der Waals surface area contributed by atoms with Crippen LogP contribution in [0.15, 0.2) is 18.2 Å². The number of piperidine rings is 1. The number of hydrogen-bond acceptors (Lipinski definition) is 7. The number of hydrogen-bond donors (Lipinski definition) is 1. The lowest BCUT2D eigenvalue weighted by molar-refractivity contribution is -0.385. The van der Waals surface area contributed by atoms with Crippen LogP contribution >= 0.6 is 11.5 Å². The molecule has 1 aliphatic heterocycles. The van der Waals surface area contributed by atoms with Gasteiger partial charge in [-0.05, 0) is 50.2 Å². The predicted molar refractivity (Wildman–Crippen MR) is 103 cm³/mol. The standard InChI is InChI=1S/C18H21N5O4S/c1-11-14(4-3-5-15(11)23(26)27)17(24)19-10-13-6-8-22(9-7-13)18(25)16-12(2)20-21-28-16/h3-5,13H,6-10H2,1-2H3,(H,19,24). The maximum atomic E-state index is 12.5. The van der Waals surface area contributed by atoms with E-state index >= 15 is 0 Å². The first-order valence-corrected chi connectivity index (χ1v) is 9.76. The molecule has 0 bridgehead atoms. The van der Waals surface area contributed by atoms with Crippen LogP contribution in [0.25, 0.3) is 0 Å². The number of amides is 2. The molecular weight excluding hydrogens is 382 g/mol. The highest BCUT2D eigenvalue weighted by atomic mass is 32.1. The molecule has 1 N–H and O–H groups in total. The number of nitro benzene ring substituents is 1. The molecule has 10 heteroatoms. The second-order valence-electron chi connectivity index (χ2n) is 6.84. The van der Waals surface area contributed by atoms with Crippen molar-refractivity contribution in [2.45, 2.75) is 26.7 Å². The summed E-state index contributed by atoms with van der Waals surface area (Å²) in [4.78, 5) is 37.8. The molecule has 1 aromatic carbocycles. The first-order chi connectivity index (χ1) is 13.4. The molecule has 9 nitrogen and oxygen atoms in total. The molecule has 1 aromatic heterocycles. The Labute approximate surface area is 166 Å². The number of aryl methyl sites for hydroxylation is 1. The maximum absolute atomic E-state index is 12.5. The fraction of sp³-hybridized carbons (Fsp3) is 0.444. The molecule has 0 spiro atoms. The summed E-state index contributed by atoms with van der Waals surface area (Å²) in [6.07, 6.45) is 1.57. The molecule has 2 amide bonds. The number of likely N-dealkylation sites (tertiary alicyclic amines) is 1. The number of carbonyl (C=O) groups is 2. The minimum absolute atomic E-state index is 0.0396. The Hall–Kier alpha value is -2.88. The van der Waals surface area contributed by atoms with E-state index < -0.39 is 4.92 Å². The summed E-state index contributed by atoms with van der Waals surface area (Å²) in [5.41, 5.74) is 1.26. The van der Waals surface area contributed by atoms with Crippen LogP contribution in [0.2, 0.25) is 0 Å². The van der Waals surface area contributed by atoms with Crippen LogP contribution < -0.4 is 5.32 Å². The Kier molecular flexibility index (Phi) is 5.98. The second kappa shape index (κ2) is 8.42. The van der Waals surface area contributed by atoms with E-state index in [4.69, 9.17) is 0 Å².